The molecule has 2 fully saturated rings. The summed E-state index contributed by atoms with van der Waals surface area (Å²) in [5.41, 5.74) is 3.38. The van der Waals surface area contributed by atoms with E-state index in [0.717, 1.165) is 18.7 Å². The van der Waals surface area contributed by atoms with Gasteiger partial charge in [0.2, 0.25) is 0 Å². The Kier molecular flexibility index (Phi) is 3.72. The van der Waals surface area contributed by atoms with Crippen LogP contribution in [0, 0.1) is 5.92 Å². The Morgan fingerprint density at radius 2 is 2.22 bits per heavy atom. The normalized spacial score (nSPS) is 32.8. The first-order valence-corrected chi connectivity index (χ1v) is 9.05. The number of hydrogen-bond donors (Lipinski definition) is 0. The van der Waals surface area contributed by atoms with Gasteiger partial charge >= 0.3 is 0 Å². The summed E-state index contributed by atoms with van der Waals surface area (Å²) in [6.45, 7) is 3.42. The highest BCUT2D eigenvalue weighted by atomic mass is 16.5. The predicted octanol–water partition coefficient (Wildman–Crippen LogP) is 3.34. The van der Waals surface area contributed by atoms with E-state index in [1.807, 2.05) is 0 Å². The first kappa shape index (κ1) is 15.2. The van der Waals surface area contributed by atoms with Crippen LogP contribution in [0.3, 0.4) is 0 Å². The molecule has 4 rings (SSSR count). The Morgan fingerprint density at radius 3 is 3.00 bits per heavy atom. The van der Waals surface area contributed by atoms with Gasteiger partial charge in [0.25, 0.3) is 0 Å². The van der Waals surface area contributed by atoms with E-state index < -0.39 is 0 Å². The zero-order valence-electron chi connectivity index (χ0n) is 14.3. The van der Waals surface area contributed by atoms with Crippen molar-refractivity contribution in [3.8, 4) is 5.75 Å². The fraction of sp³-hybridized carbons (Fsp3) is 0.650. The lowest BCUT2D eigenvalue weighted by atomic mass is 9.52. The van der Waals surface area contributed by atoms with Gasteiger partial charge in [0.15, 0.2) is 0 Å². The Morgan fingerprint density at radius 1 is 1.35 bits per heavy atom. The number of fused-ring (bicyclic) bond motifs is 1. The standard InChI is InChI=1S/C20H27NO2/c1-14(22)13-21-10-9-20-8-4-3-5-17(20)19(21)11-15-6-7-16(23-2)12-18(15)20/h6-7,12,17,19H,3-5,8-11,13H2,1-2H3/t17-,19+,20+/m1/s1. The van der Waals surface area contributed by atoms with Gasteiger partial charge in [-0.15, -0.1) is 0 Å². The van der Waals surface area contributed by atoms with Crippen molar-refractivity contribution in [3.63, 3.8) is 0 Å². The molecule has 1 aromatic rings. The zero-order valence-corrected chi connectivity index (χ0v) is 14.3. The number of methoxy groups -OCH3 is 1. The third-order valence-corrected chi connectivity index (χ3v) is 6.58. The summed E-state index contributed by atoms with van der Waals surface area (Å²) >= 11 is 0. The van der Waals surface area contributed by atoms with E-state index in [9.17, 15) is 4.79 Å². The van der Waals surface area contributed by atoms with E-state index in [4.69, 9.17) is 4.74 Å². The van der Waals surface area contributed by atoms with E-state index >= 15 is 0 Å². The summed E-state index contributed by atoms with van der Waals surface area (Å²) in [5, 5.41) is 0. The summed E-state index contributed by atoms with van der Waals surface area (Å²) in [6.07, 6.45) is 7.60. The summed E-state index contributed by atoms with van der Waals surface area (Å²) in [7, 11) is 1.76. The summed E-state index contributed by atoms with van der Waals surface area (Å²) < 4.78 is 5.51. The molecule has 0 amide bonds. The van der Waals surface area contributed by atoms with Crippen LogP contribution < -0.4 is 4.74 Å². The number of nitrogens with zero attached hydrogens (tertiary/aromatic N) is 1. The molecule has 2 aliphatic carbocycles. The molecule has 3 atom stereocenters. The Bertz CT molecular complexity index is 626. The van der Waals surface area contributed by atoms with Crippen LogP contribution in [0.4, 0.5) is 0 Å². The lowest BCUT2D eigenvalue weighted by molar-refractivity contribution is -0.120. The van der Waals surface area contributed by atoms with Gasteiger partial charge in [0.05, 0.1) is 13.7 Å². The van der Waals surface area contributed by atoms with Crippen molar-refractivity contribution in [2.24, 2.45) is 5.92 Å². The second-order valence-electron chi connectivity index (χ2n) is 7.73. The van der Waals surface area contributed by atoms with Crippen molar-refractivity contribution in [2.75, 3.05) is 20.2 Å². The smallest absolute Gasteiger partial charge is 0.143 e. The molecule has 23 heavy (non-hydrogen) atoms. The second kappa shape index (κ2) is 5.62. The largest absolute Gasteiger partial charge is 0.497 e. The topological polar surface area (TPSA) is 29.5 Å². The molecule has 2 bridgehead atoms. The third-order valence-electron chi connectivity index (χ3n) is 6.58. The van der Waals surface area contributed by atoms with Crippen molar-refractivity contribution in [3.05, 3.63) is 29.3 Å². The molecular formula is C20H27NO2. The summed E-state index contributed by atoms with van der Waals surface area (Å²) in [6, 6.07) is 7.23. The second-order valence-corrected chi connectivity index (χ2v) is 7.73. The molecule has 0 N–H and O–H groups in total. The van der Waals surface area contributed by atoms with Gasteiger partial charge in [-0.3, -0.25) is 9.69 Å². The number of carbonyl (C=O) groups excluding carboxylic acids is 1. The molecule has 0 unspecified atom stereocenters. The van der Waals surface area contributed by atoms with E-state index in [0.29, 0.717) is 29.7 Å². The van der Waals surface area contributed by atoms with Gasteiger partial charge in [-0.25, -0.2) is 0 Å². The van der Waals surface area contributed by atoms with Gasteiger partial charge in [-0.2, -0.15) is 0 Å². The van der Waals surface area contributed by atoms with E-state index in [1.165, 1.54) is 37.7 Å². The lowest BCUT2D eigenvalue weighted by Gasteiger charge is -2.59. The van der Waals surface area contributed by atoms with Crippen LogP contribution in [0.15, 0.2) is 18.2 Å². The molecule has 1 heterocycles. The van der Waals surface area contributed by atoms with Gasteiger partial charge in [-0.1, -0.05) is 18.9 Å². The van der Waals surface area contributed by atoms with Crippen LogP contribution in [-0.2, 0) is 16.6 Å². The average molecular weight is 313 g/mol. The maximum absolute atomic E-state index is 11.7. The fourth-order valence-corrected chi connectivity index (χ4v) is 5.67. The van der Waals surface area contributed by atoms with Crippen LogP contribution in [0.2, 0.25) is 0 Å². The molecule has 3 aliphatic rings. The van der Waals surface area contributed by atoms with E-state index in [1.54, 1.807) is 19.6 Å². The van der Waals surface area contributed by atoms with Crippen molar-refractivity contribution in [1.82, 2.24) is 4.90 Å². The minimum absolute atomic E-state index is 0.300. The molecule has 1 aromatic carbocycles. The molecule has 3 nitrogen and oxygen atoms in total. The van der Waals surface area contributed by atoms with Crippen molar-refractivity contribution >= 4 is 5.78 Å². The SMILES string of the molecule is COc1ccc2c(c1)[C@]13CCCC[C@@H]1[C@H](C2)N(CC(C)=O)CC3. The molecule has 1 aliphatic heterocycles. The molecule has 1 saturated heterocycles. The van der Waals surface area contributed by atoms with Crippen LogP contribution in [0.5, 0.6) is 5.75 Å². The molecular weight excluding hydrogens is 286 g/mol. The number of carbonyl (C=O) groups is 1. The highest BCUT2D eigenvalue weighted by molar-refractivity contribution is 5.77. The quantitative estimate of drug-likeness (QED) is 0.857. The van der Waals surface area contributed by atoms with Crippen LogP contribution >= 0.6 is 0 Å². The summed E-state index contributed by atoms with van der Waals surface area (Å²) in [5.74, 6) is 2.00. The Hall–Kier alpha value is -1.35. The molecule has 3 heteroatoms. The molecule has 124 valence electrons. The van der Waals surface area contributed by atoms with Crippen LogP contribution in [0.1, 0.15) is 50.2 Å². The lowest BCUT2D eigenvalue weighted by Crippen LogP contribution is -2.61. The number of ketones is 1. The minimum atomic E-state index is 0.300. The predicted molar refractivity (Wildman–Crippen MR) is 91.0 cm³/mol. The van der Waals surface area contributed by atoms with Gasteiger partial charge in [-0.05, 0) is 68.3 Å². The van der Waals surface area contributed by atoms with Gasteiger partial charge in [0.1, 0.15) is 11.5 Å². The number of hydrogen-bond acceptors (Lipinski definition) is 3. The molecule has 0 radical (unpaired) electrons. The summed E-state index contributed by atoms with van der Waals surface area (Å²) in [4.78, 5) is 14.2. The third kappa shape index (κ3) is 2.32. The first-order chi connectivity index (χ1) is 11.1. The highest BCUT2D eigenvalue weighted by Gasteiger charge is 2.53. The minimum Gasteiger partial charge on any atom is -0.497 e. The fourth-order valence-electron chi connectivity index (χ4n) is 5.67. The van der Waals surface area contributed by atoms with E-state index in [-0.39, 0.29) is 0 Å². The average Bonchev–Trinajstić information content (AvgIpc) is 2.56. The highest BCUT2D eigenvalue weighted by Crippen LogP contribution is 2.56. The Balaban J connectivity index is 1.79. The number of piperidine rings is 1. The molecule has 0 aromatic heterocycles. The van der Waals surface area contributed by atoms with Gasteiger partial charge in [0, 0.05) is 11.5 Å². The maximum Gasteiger partial charge on any atom is 0.143 e. The van der Waals surface area contributed by atoms with Crippen molar-refractivity contribution < 1.29 is 9.53 Å². The number of benzene rings is 1. The monoisotopic (exact) mass is 313 g/mol. The van der Waals surface area contributed by atoms with Crippen molar-refractivity contribution in [1.29, 1.82) is 0 Å². The number of rotatable bonds is 3. The van der Waals surface area contributed by atoms with Crippen LogP contribution in [0.25, 0.3) is 0 Å². The first-order valence-electron chi connectivity index (χ1n) is 9.05. The van der Waals surface area contributed by atoms with Crippen LogP contribution in [-0.4, -0.2) is 36.9 Å². The van der Waals surface area contributed by atoms with Gasteiger partial charge < -0.3 is 4.74 Å². The zero-order chi connectivity index (χ0) is 16.0. The number of likely N-dealkylation sites (tertiary alicyclic amines) is 1. The van der Waals surface area contributed by atoms with Crippen molar-refractivity contribution in [2.45, 2.75) is 56.9 Å². The molecule has 0 spiro atoms. The number of ether oxygens (including phenoxy) is 1. The maximum atomic E-state index is 11.7. The Labute approximate surface area is 139 Å². The molecule has 1 saturated carbocycles. The van der Waals surface area contributed by atoms with E-state index in [2.05, 4.69) is 23.1 Å². The number of Topliss-reactive ketones (excluding diaryl/α,β-unsaturated/α-hetero) is 1.